The third-order valence-electron chi connectivity index (χ3n) is 6.02. The standard InChI is InChI=1S/C20H35N3O2/c1-15-17(12-23(5)11-10-21-4)18(25-22-15)16-6-8-20(9-7-16)13-19(2,3)14-24-20/h16,21H,6-14H2,1-5H3/t16-,20+. The fourth-order valence-electron chi connectivity index (χ4n) is 4.62. The Bertz CT molecular complexity index is 573. The van der Waals surface area contributed by atoms with Gasteiger partial charge < -0.3 is 19.5 Å². The number of ether oxygens (including phenoxy) is 1. The van der Waals surface area contributed by atoms with Crippen LogP contribution in [-0.4, -0.2) is 49.4 Å². The van der Waals surface area contributed by atoms with E-state index < -0.39 is 0 Å². The number of hydrogen-bond acceptors (Lipinski definition) is 5. The molecule has 142 valence electrons. The van der Waals surface area contributed by atoms with E-state index in [1.165, 1.54) is 12.0 Å². The van der Waals surface area contributed by atoms with Crippen molar-refractivity contribution in [3.8, 4) is 0 Å². The van der Waals surface area contributed by atoms with Crippen LogP contribution in [0.4, 0.5) is 0 Å². The maximum Gasteiger partial charge on any atom is 0.144 e. The lowest BCUT2D eigenvalue weighted by Crippen LogP contribution is -2.33. The first-order valence-electron chi connectivity index (χ1n) is 9.76. The molecule has 1 aromatic rings. The number of rotatable bonds is 6. The van der Waals surface area contributed by atoms with E-state index >= 15 is 0 Å². The van der Waals surface area contributed by atoms with Crippen molar-refractivity contribution < 1.29 is 9.26 Å². The molecule has 1 aliphatic carbocycles. The summed E-state index contributed by atoms with van der Waals surface area (Å²) in [4.78, 5) is 2.34. The molecule has 1 aromatic heterocycles. The van der Waals surface area contributed by atoms with E-state index in [4.69, 9.17) is 9.26 Å². The second-order valence-corrected chi connectivity index (χ2v) is 9.04. The number of nitrogens with zero attached hydrogens (tertiary/aromatic N) is 2. The molecule has 2 fully saturated rings. The smallest absolute Gasteiger partial charge is 0.144 e. The van der Waals surface area contributed by atoms with E-state index in [9.17, 15) is 0 Å². The number of hydrogen-bond donors (Lipinski definition) is 1. The summed E-state index contributed by atoms with van der Waals surface area (Å²) in [6.07, 6.45) is 5.80. The van der Waals surface area contributed by atoms with Crippen LogP contribution in [0.2, 0.25) is 0 Å². The van der Waals surface area contributed by atoms with Crippen LogP contribution in [0.15, 0.2) is 4.52 Å². The average Bonchev–Trinajstić information content (AvgIpc) is 3.07. The van der Waals surface area contributed by atoms with E-state index in [1.807, 2.05) is 7.05 Å². The summed E-state index contributed by atoms with van der Waals surface area (Å²) in [5, 5.41) is 7.50. The van der Waals surface area contributed by atoms with Gasteiger partial charge in [0.2, 0.25) is 0 Å². The third kappa shape index (κ3) is 4.26. The van der Waals surface area contributed by atoms with Crippen LogP contribution < -0.4 is 5.32 Å². The van der Waals surface area contributed by atoms with E-state index in [-0.39, 0.29) is 5.60 Å². The van der Waals surface area contributed by atoms with Crippen molar-refractivity contribution >= 4 is 0 Å². The minimum Gasteiger partial charge on any atom is -0.374 e. The minimum absolute atomic E-state index is 0.124. The molecule has 1 aliphatic heterocycles. The van der Waals surface area contributed by atoms with Gasteiger partial charge in [0.05, 0.1) is 17.9 Å². The molecule has 1 saturated heterocycles. The van der Waals surface area contributed by atoms with Crippen LogP contribution in [0.3, 0.4) is 0 Å². The quantitative estimate of drug-likeness (QED) is 0.852. The van der Waals surface area contributed by atoms with Crippen LogP contribution in [0.1, 0.15) is 68.9 Å². The Morgan fingerprint density at radius 2 is 2.00 bits per heavy atom. The molecule has 3 rings (SSSR count). The molecule has 2 aliphatic rings. The van der Waals surface area contributed by atoms with Gasteiger partial charge in [0.15, 0.2) is 0 Å². The van der Waals surface area contributed by atoms with E-state index in [1.54, 1.807) is 0 Å². The summed E-state index contributed by atoms with van der Waals surface area (Å²) in [5.74, 6) is 1.62. The van der Waals surface area contributed by atoms with Crippen molar-refractivity contribution in [2.24, 2.45) is 5.41 Å². The van der Waals surface area contributed by atoms with E-state index in [0.29, 0.717) is 11.3 Å². The van der Waals surface area contributed by atoms with Crippen molar-refractivity contribution in [3.05, 3.63) is 17.0 Å². The van der Waals surface area contributed by atoms with Gasteiger partial charge in [-0.3, -0.25) is 0 Å². The van der Waals surface area contributed by atoms with Crippen molar-refractivity contribution in [1.29, 1.82) is 0 Å². The molecule has 5 heteroatoms. The van der Waals surface area contributed by atoms with Crippen molar-refractivity contribution in [2.75, 3.05) is 33.8 Å². The Kier molecular flexibility index (Phi) is 5.57. The highest BCUT2D eigenvalue weighted by Gasteiger charge is 2.47. The van der Waals surface area contributed by atoms with E-state index in [0.717, 1.165) is 63.4 Å². The van der Waals surface area contributed by atoms with Crippen LogP contribution in [0, 0.1) is 12.3 Å². The Balaban J connectivity index is 1.64. The van der Waals surface area contributed by atoms with Crippen molar-refractivity contribution in [2.45, 2.75) is 70.9 Å². The summed E-state index contributed by atoms with van der Waals surface area (Å²) >= 11 is 0. The highest BCUT2D eigenvalue weighted by Crippen LogP contribution is 2.50. The molecular weight excluding hydrogens is 314 g/mol. The molecule has 1 N–H and O–H groups in total. The normalized spacial score (nSPS) is 29.0. The SMILES string of the molecule is CNCCN(C)Cc1c(C)noc1[C@H]1CC[C@@]2(CC1)CC(C)(C)CO2. The molecule has 1 saturated carbocycles. The third-order valence-corrected chi connectivity index (χ3v) is 6.02. The molecule has 0 atom stereocenters. The monoisotopic (exact) mass is 349 g/mol. The van der Waals surface area contributed by atoms with Crippen LogP contribution in [0.5, 0.6) is 0 Å². The number of likely N-dealkylation sites (N-methyl/N-ethyl adjacent to an activating group) is 2. The molecule has 0 radical (unpaired) electrons. The van der Waals surface area contributed by atoms with Gasteiger partial charge in [-0.15, -0.1) is 0 Å². The summed E-state index contributed by atoms with van der Waals surface area (Å²) in [6, 6.07) is 0. The number of aryl methyl sites for hydroxylation is 1. The summed E-state index contributed by atoms with van der Waals surface area (Å²) in [7, 11) is 4.16. The summed E-state index contributed by atoms with van der Waals surface area (Å²) < 4.78 is 12.1. The Morgan fingerprint density at radius 1 is 1.28 bits per heavy atom. The number of nitrogens with one attached hydrogen (secondary N) is 1. The fourth-order valence-corrected chi connectivity index (χ4v) is 4.62. The fraction of sp³-hybridized carbons (Fsp3) is 0.850. The highest BCUT2D eigenvalue weighted by molar-refractivity contribution is 5.25. The maximum atomic E-state index is 6.26. The second kappa shape index (κ2) is 7.37. The Hall–Kier alpha value is -0.910. The van der Waals surface area contributed by atoms with Gasteiger partial charge >= 0.3 is 0 Å². The first kappa shape index (κ1) is 18.9. The molecule has 5 nitrogen and oxygen atoms in total. The van der Waals surface area contributed by atoms with Crippen LogP contribution in [-0.2, 0) is 11.3 Å². The molecule has 0 aromatic carbocycles. The average molecular weight is 350 g/mol. The number of aromatic nitrogens is 1. The first-order chi connectivity index (χ1) is 11.8. The van der Waals surface area contributed by atoms with Crippen LogP contribution in [0.25, 0.3) is 0 Å². The molecule has 0 bridgehead atoms. The molecular formula is C20H35N3O2. The second-order valence-electron chi connectivity index (χ2n) is 9.04. The minimum atomic E-state index is 0.124. The highest BCUT2D eigenvalue weighted by atomic mass is 16.5. The van der Waals surface area contributed by atoms with Gasteiger partial charge in [0.1, 0.15) is 5.76 Å². The largest absolute Gasteiger partial charge is 0.374 e. The zero-order chi connectivity index (χ0) is 18.1. The zero-order valence-corrected chi connectivity index (χ0v) is 16.7. The predicted octanol–water partition coefficient (Wildman–Crippen LogP) is 3.48. The lowest BCUT2D eigenvalue weighted by molar-refractivity contribution is -0.0308. The Morgan fingerprint density at radius 3 is 2.60 bits per heavy atom. The van der Waals surface area contributed by atoms with Gasteiger partial charge in [0, 0.05) is 31.1 Å². The first-order valence-corrected chi connectivity index (χ1v) is 9.76. The molecule has 25 heavy (non-hydrogen) atoms. The zero-order valence-electron chi connectivity index (χ0n) is 16.7. The van der Waals surface area contributed by atoms with Gasteiger partial charge in [-0.25, -0.2) is 0 Å². The van der Waals surface area contributed by atoms with Crippen molar-refractivity contribution in [1.82, 2.24) is 15.4 Å². The van der Waals surface area contributed by atoms with Gasteiger partial charge in [-0.2, -0.15) is 0 Å². The van der Waals surface area contributed by atoms with Gasteiger partial charge in [-0.05, 0) is 58.5 Å². The lowest BCUT2D eigenvalue weighted by Gasteiger charge is -2.36. The Labute approximate surface area is 152 Å². The summed E-state index contributed by atoms with van der Waals surface area (Å²) in [5.41, 5.74) is 2.80. The van der Waals surface area contributed by atoms with Crippen LogP contribution >= 0.6 is 0 Å². The van der Waals surface area contributed by atoms with E-state index in [2.05, 4.69) is 43.2 Å². The topological polar surface area (TPSA) is 50.5 Å². The maximum absolute atomic E-state index is 6.26. The lowest BCUT2D eigenvalue weighted by atomic mass is 9.72. The summed E-state index contributed by atoms with van der Waals surface area (Å²) in [6.45, 7) is 10.6. The predicted molar refractivity (Wildman–Crippen MR) is 99.8 cm³/mol. The molecule has 0 unspecified atom stereocenters. The van der Waals surface area contributed by atoms with Crippen molar-refractivity contribution in [3.63, 3.8) is 0 Å². The van der Waals surface area contributed by atoms with Gasteiger partial charge in [0.25, 0.3) is 0 Å². The molecule has 1 spiro atoms. The molecule has 2 heterocycles. The molecule has 0 amide bonds. The van der Waals surface area contributed by atoms with Gasteiger partial charge in [-0.1, -0.05) is 19.0 Å².